The van der Waals surface area contributed by atoms with Gasteiger partial charge in [0.2, 0.25) is 11.8 Å². The van der Waals surface area contributed by atoms with Gasteiger partial charge in [0.05, 0.1) is 18.8 Å². The van der Waals surface area contributed by atoms with E-state index in [1.165, 1.54) is 5.56 Å². The third-order valence-corrected chi connectivity index (χ3v) is 8.19. The maximum Gasteiger partial charge on any atom is 0.243 e. The van der Waals surface area contributed by atoms with Crippen molar-refractivity contribution in [2.75, 3.05) is 38.0 Å². The molecule has 10 heteroatoms. The molecule has 0 unspecified atom stereocenters. The van der Waals surface area contributed by atoms with Gasteiger partial charge in [-0.25, -0.2) is 5.48 Å². The Hall–Kier alpha value is -3.64. The van der Waals surface area contributed by atoms with Crippen molar-refractivity contribution in [1.82, 2.24) is 15.3 Å². The van der Waals surface area contributed by atoms with E-state index in [0.29, 0.717) is 12.1 Å². The van der Waals surface area contributed by atoms with Crippen LogP contribution < -0.4 is 10.8 Å². The zero-order valence-electron chi connectivity index (χ0n) is 24.9. The molecule has 0 aromatic heterocycles. The lowest BCUT2D eigenvalue weighted by Crippen LogP contribution is -2.49. The van der Waals surface area contributed by atoms with Crippen LogP contribution in [-0.2, 0) is 32.2 Å². The molecular formula is C34H42N4O6. The van der Waals surface area contributed by atoms with Crippen molar-refractivity contribution in [3.8, 4) is 0 Å². The lowest BCUT2D eigenvalue weighted by molar-refractivity contribution is -0.253. The minimum atomic E-state index is -0.572. The Balaban J connectivity index is 1.20. The third-order valence-electron chi connectivity index (χ3n) is 8.19. The summed E-state index contributed by atoms with van der Waals surface area (Å²) in [6, 6.07) is 25.9. The summed E-state index contributed by atoms with van der Waals surface area (Å²) < 4.78 is 13.0. The van der Waals surface area contributed by atoms with Crippen LogP contribution in [0.25, 0.3) is 0 Å². The van der Waals surface area contributed by atoms with Crippen LogP contribution in [0.4, 0.5) is 5.69 Å². The molecule has 0 spiro atoms. The van der Waals surface area contributed by atoms with Gasteiger partial charge in [-0.1, -0.05) is 66.7 Å². The average molecular weight is 603 g/mol. The zero-order valence-corrected chi connectivity index (χ0v) is 24.9. The topological polar surface area (TPSA) is 124 Å². The predicted octanol–water partition coefficient (Wildman–Crippen LogP) is 4.16. The van der Waals surface area contributed by atoms with Gasteiger partial charge in [-0.2, -0.15) is 0 Å². The fraction of sp³-hybridized carbons (Fsp3) is 0.412. The Labute approximate surface area is 258 Å². The number of benzene rings is 3. The van der Waals surface area contributed by atoms with Crippen molar-refractivity contribution >= 4 is 17.5 Å². The van der Waals surface area contributed by atoms with Crippen LogP contribution in [-0.4, -0.2) is 70.8 Å². The van der Waals surface area contributed by atoms with E-state index in [9.17, 15) is 14.7 Å². The molecule has 2 aliphatic heterocycles. The second kappa shape index (κ2) is 15.9. The molecule has 0 saturated carbocycles. The number of nitrogens with one attached hydrogen (secondary N) is 2. The first-order valence-corrected chi connectivity index (χ1v) is 15.3. The van der Waals surface area contributed by atoms with E-state index in [1.54, 1.807) is 5.48 Å². The fourth-order valence-electron chi connectivity index (χ4n) is 5.71. The first kappa shape index (κ1) is 31.8. The predicted molar refractivity (Wildman–Crippen MR) is 165 cm³/mol. The second-order valence-corrected chi connectivity index (χ2v) is 11.5. The molecule has 4 N–H and O–H groups in total. The standard InChI is InChI=1S/C34H42N4O6/c39-24-26-9-11-27(12-10-26)31-21-30(23-38-19-17-37(18-20-38)22-25-5-2-1-3-6-25)43-34(44-31)28-13-15-29(16-14-28)35-32(40)7-4-8-33(41)36-42/h1-3,5-6,9-16,30-31,34,39,42H,4,7-8,17-24H2,(H,35,40)(H,36,41)/t30-,31+,34+/m1/s1. The van der Waals surface area contributed by atoms with Crippen molar-refractivity contribution in [3.63, 3.8) is 0 Å². The van der Waals surface area contributed by atoms with Gasteiger partial charge in [-0.3, -0.25) is 24.6 Å². The van der Waals surface area contributed by atoms with E-state index in [2.05, 4.69) is 45.4 Å². The van der Waals surface area contributed by atoms with Crippen LogP contribution in [0, 0.1) is 0 Å². The Morgan fingerprint density at radius 2 is 1.43 bits per heavy atom. The van der Waals surface area contributed by atoms with E-state index < -0.39 is 12.2 Å². The molecule has 2 fully saturated rings. The Morgan fingerprint density at radius 1 is 0.773 bits per heavy atom. The number of nitrogens with zero attached hydrogens (tertiary/aromatic N) is 2. The quantitative estimate of drug-likeness (QED) is 0.180. The van der Waals surface area contributed by atoms with Gasteiger partial charge < -0.3 is 19.9 Å². The lowest BCUT2D eigenvalue weighted by atomic mass is 9.99. The number of amides is 2. The average Bonchev–Trinajstić information content (AvgIpc) is 3.06. The molecule has 5 rings (SSSR count). The molecule has 3 atom stereocenters. The van der Waals surface area contributed by atoms with Crippen LogP contribution in [0.3, 0.4) is 0 Å². The zero-order chi connectivity index (χ0) is 30.7. The summed E-state index contributed by atoms with van der Waals surface area (Å²) in [5.41, 5.74) is 6.31. The minimum Gasteiger partial charge on any atom is -0.392 e. The molecule has 10 nitrogen and oxygen atoms in total. The lowest BCUT2D eigenvalue weighted by Gasteiger charge is -2.40. The molecule has 2 saturated heterocycles. The van der Waals surface area contributed by atoms with E-state index in [4.69, 9.17) is 14.7 Å². The summed E-state index contributed by atoms with van der Waals surface area (Å²) >= 11 is 0. The van der Waals surface area contributed by atoms with Crippen molar-refractivity contribution in [3.05, 3.63) is 101 Å². The van der Waals surface area contributed by atoms with Crippen molar-refractivity contribution in [2.24, 2.45) is 0 Å². The van der Waals surface area contributed by atoms with Gasteiger partial charge in [0, 0.05) is 69.8 Å². The maximum atomic E-state index is 12.3. The Kier molecular flexibility index (Phi) is 11.5. The van der Waals surface area contributed by atoms with Crippen LogP contribution >= 0.6 is 0 Å². The molecule has 44 heavy (non-hydrogen) atoms. The molecule has 2 amide bonds. The molecule has 0 radical (unpaired) electrons. The highest BCUT2D eigenvalue weighted by Gasteiger charge is 2.33. The van der Waals surface area contributed by atoms with Crippen molar-refractivity contribution < 1.29 is 29.4 Å². The van der Waals surface area contributed by atoms with Gasteiger partial charge >= 0.3 is 0 Å². The number of aliphatic hydroxyl groups is 1. The first-order valence-electron chi connectivity index (χ1n) is 15.3. The van der Waals surface area contributed by atoms with Crippen LogP contribution in [0.2, 0.25) is 0 Å². The number of hydroxylamine groups is 1. The molecule has 3 aromatic carbocycles. The van der Waals surface area contributed by atoms with Gasteiger partial charge in [0.15, 0.2) is 6.29 Å². The Bertz CT molecular complexity index is 1330. The largest absolute Gasteiger partial charge is 0.392 e. The molecule has 0 aliphatic carbocycles. The summed E-state index contributed by atoms with van der Waals surface area (Å²) in [7, 11) is 0. The van der Waals surface area contributed by atoms with Gasteiger partial charge in [0.1, 0.15) is 0 Å². The summed E-state index contributed by atoms with van der Waals surface area (Å²) in [6.45, 7) is 5.75. The molecule has 234 valence electrons. The van der Waals surface area contributed by atoms with Gasteiger partial charge in [0.25, 0.3) is 0 Å². The number of rotatable bonds is 12. The number of carbonyl (C=O) groups excluding carboxylic acids is 2. The van der Waals surface area contributed by atoms with Gasteiger partial charge in [-0.05, 0) is 35.2 Å². The van der Waals surface area contributed by atoms with E-state index in [-0.39, 0.29) is 37.6 Å². The van der Waals surface area contributed by atoms with Crippen LogP contribution in [0.15, 0.2) is 78.9 Å². The van der Waals surface area contributed by atoms with E-state index in [0.717, 1.165) is 62.4 Å². The van der Waals surface area contributed by atoms with Crippen molar-refractivity contribution in [2.45, 2.75) is 57.3 Å². The van der Waals surface area contributed by atoms with Crippen molar-refractivity contribution in [1.29, 1.82) is 0 Å². The number of ether oxygens (including phenoxy) is 2. The number of hydrogen-bond acceptors (Lipinski definition) is 8. The second-order valence-electron chi connectivity index (χ2n) is 11.5. The van der Waals surface area contributed by atoms with Gasteiger partial charge in [-0.15, -0.1) is 0 Å². The number of anilines is 1. The monoisotopic (exact) mass is 602 g/mol. The highest BCUT2D eigenvalue weighted by atomic mass is 16.7. The summed E-state index contributed by atoms with van der Waals surface area (Å²) in [5, 5.41) is 20.9. The molecule has 0 bridgehead atoms. The van der Waals surface area contributed by atoms with E-state index in [1.807, 2.05) is 48.5 Å². The maximum absolute atomic E-state index is 12.3. The van der Waals surface area contributed by atoms with Crippen LogP contribution in [0.5, 0.6) is 0 Å². The summed E-state index contributed by atoms with van der Waals surface area (Å²) in [5.74, 6) is -0.718. The number of hydrogen-bond donors (Lipinski definition) is 4. The van der Waals surface area contributed by atoms with E-state index >= 15 is 0 Å². The van der Waals surface area contributed by atoms with Crippen LogP contribution in [0.1, 0.15) is 60.3 Å². The highest BCUT2D eigenvalue weighted by Crippen LogP contribution is 2.38. The number of aliphatic hydroxyl groups excluding tert-OH is 1. The summed E-state index contributed by atoms with van der Waals surface area (Å²) in [4.78, 5) is 28.4. The SMILES string of the molecule is O=C(CCCC(=O)Nc1ccc([C@H]2O[C@@H](CN3CCN(Cc4ccccc4)CC3)C[C@@H](c3ccc(CO)cc3)O2)cc1)NO. The smallest absolute Gasteiger partial charge is 0.243 e. The molecule has 3 aromatic rings. The Morgan fingerprint density at radius 3 is 2.11 bits per heavy atom. The normalized spacial score (nSPS) is 21.1. The number of piperazine rings is 1. The minimum absolute atomic E-state index is 0.00268. The fourth-order valence-corrected chi connectivity index (χ4v) is 5.71. The number of carbonyl (C=O) groups is 2. The molecule has 2 aliphatic rings. The summed E-state index contributed by atoms with van der Waals surface area (Å²) in [6.07, 6.45) is 0.536. The first-order chi connectivity index (χ1) is 21.5. The molecule has 2 heterocycles. The molecular weight excluding hydrogens is 560 g/mol. The third kappa shape index (κ3) is 9.18. The highest BCUT2D eigenvalue weighted by molar-refractivity contribution is 5.91.